The van der Waals surface area contributed by atoms with E-state index in [-0.39, 0.29) is 0 Å². The number of aryl methyl sites for hydroxylation is 3. The van der Waals surface area contributed by atoms with Crippen LogP contribution in [0.5, 0.6) is 0 Å². The third kappa shape index (κ3) is 6.30. The van der Waals surface area contributed by atoms with Crippen LogP contribution in [-0.4, -0.2) is 13.7 Å². The number of benzene rings is 6. The normalized spacial score (nSPS) is 13.6. The molecule has 1 fully saturated rings. The first-order valence-electron chi connectivity index (χ1n) is 21.1. The van der Waals surface area contributed by atoms with Gasteiger partial charge in [-0.25, -0.2) is 0 Å². The van der Waals surface area contributed by atoms with Crippen molar-refractivity contribution in [3.8, 4) is 0 Å². The summed E-state index contributed by atoms with van der Waals surface area (Å²) in [7, 11) is 0. The van der Waals surface area contributed by atoms with Crippen LogP contribution in [0.3, 0.4) is 0 Å². The van der Waals surface area contributed by atoms with Crippen molar-refractivity contribution in [2.75, 3.05) is 0 Å². The van der Waals surface area contributed by atoms with Crippen molar-refractivity contribution in [3.05, 3.63) is 179 Å². The summed E-state index contributed by atoms with van der Waals surface area (Å²) in [6.07, 6.45) is 13.6. The van der Waals surface area contributed by atoms with Crippen molar-refractivity contribution in [1.29, 1.82) is 0 Å². The molecular weight excluding hydrogens is 691 g/mol. The van der Waals surface area contributed by atoms with Crippen LogP contribution in [0.15, 0.2) is 162 Å². The molecule has 0 N–H and O–H groups in total. The number of para-hydroxylation sites is 3. The Hall–Kier alpha value is -6.06. The summed E-state index contributed by atoms with van der Waals surface area (Å²) in [5.41, 5.74) is 16.7. The van der Waals surface area contributed by atoms with Crippen LogP contribution in [0.4, 0.5) is 0 Å². The molecule has 0 saturated heterocycles. The molecule has 10 rings (SSSR count). The predicted octanol–water partition coefficient (Wildman–Crippen LogP) is 14.1. The lowest BCUT2D eigenvalue weighted by atomic mass is 9.84. The number of hydrogen-bond donors (Lipinski definition) is 0. The van der Waals surface area contributed by atoms with Gasteiger partial charge < -0.3 is 13.7 Å². The Morgan fingerprint density at radius 1 is 0.351 bits per heavy atom. The molecule has 0 amide bonds. The third-order valence-electron chi connectivity index (χ3n) is 12.7. The van der Waals surface area contributed by atoms with E-state index in [0.717, 1.165) is 58.2 Å². The van der Waals surface area contributed by atoms with Crippen LogP contribution < -0.4 is 0 Å². The average Bonchev–Trinajstić information content (AvgIpc) is 3.88. The second-order valence-corrected chi connectivity index (χ2v) is 16.1. The number of nitrogens with zero attached hydrogens (tertiary/aromatic N) is 3. The summed E-state index contributed by atoms with van der Waals surface area (Å²) >= 11 is 0. The van der Waals surface area contributed by atoms with Gasteiger partial charge >= 0.3 is 0 Å². The Kier molecular flexibility index (Phi) is 9.17. The Balaban J connectivity index is 0.968. The zero-order valence-corrected chi connectivity index (χ0v) is 33.6. The number of aromatic nitrogens is 3. The summed E-state index contributed by atoms with van der Waals surface area (Å²) in [5, 5.41) is 8.16. The Morgan fingerprint density at radius 3 is 0.930 bits per heavy atom. The minimum Gasteiger partial charge on any atom is -0.341 e. The van der Waals surface area contributed by atoms with Gasteiger partial charge in [-0.2, -0.15) is 0 Å². The molecule has 3 aromatic heterocycles. The molecule has 57 heavy (non-hydrogen) atoms. The summed E-state index contributed by atoms with van der Waals surface area (Å²) < 4.78 is 7.34. The number of fused-ring (bicyclic) bond motifs is 9. The standard InChI is InChI=1S/C54H51N3/c1-4-55-49-16-10-7-13-43(49)46-34-37(25-28-52(46)55)19-22-40-31-41(23-20-38-26-29-53-47(35-38)44-14-8-11-17-50(44)56(53)5-2)33-42(32-40)24-21-39-27-30-54-48(36-39)45-15-9-12-18-51(45)57(54)6-3/h7-18,22-30,34-36H,4-6,19-21,31-33H2,1-3H3. The van der Waals surface area contributed by atoms with Gasteiger partial charge in [0.2, 0.25) is 0 Å². The highest BCUT2D eigenvalue weighted by molar-refractivity contribution is 6.10. The molecular formula is C54H51N3. The molecule has 9 aromatic rings. The van der Waals surface area contributed by atoms with Crippen molar-refractivity contribution >= 4 is 65.4 Å². The largest absolute Gasteiger partial charge is 0.341 e. The van der Waals surface area contributed by atoms with E-state index in [0.29, 0.717) is 0 Å². The third-order valence-corrected chi connectivity index (χ3v) is 12.7. The van der Waals surface area contributed by atoms with Gasteiger partial charge in [0.1, 0.15) is 0 Å². The lowest BCUT2D eigenvalue weighted by Gasteiger charge is -2.22. The second kappa shape index (κ2) is 14.8. The first-order valence-corrected chi connectivity index (χ1v) is 21.1. The molecule has 3 heterocycles. The minimum absolute atomic E-state index is 0.952. The molecule has 0 radical (unpaired) electrons. The van der Waals surface area contributed by atoms with E-state index >= 15 is 0 Å². The Morgan fingerprint density at radius 2 is 0.632 bits per heavy atom. The van der Waals surface area contributed by atoms with E-state index in [1.807, 2.05) is 0 Å². The fourth-order valence-corrected chi connectivity index (χ4v) is 9.99. The topological polar surface area (TPSA) is 14.8 Å². The van der Waals surface area contributed by atoms with E-state index in [2.05, 4.69) is 180 Å². The minimum atomic E-state index is 0.952. The molecule has 0 aliphatic heterocycles. The van der Waals surface area contributed by atoms with Crippen molar-refractivity contribution in [2.45, 2.75) is 78.9 Å². The quantitative estimate of drug-likeness (QED) is 0.131. The number of allylic oxidation sites excluding steroid dienone is 6. The van der Waals surface area contributed by atoms with Crippen LogP contribution >= 0.6 is 0 Å². The fourth-order valence-electron chi connectivity index (χ4n) is 9.99. The van der Waals surface area contributed by atoms with E-state index in [1.165, 1.54) is 98.8 Å². The predicted molar refractivity (Wildman–Crippen MR) is 245 cm³/mol. The Bertz CT molecular complexity index is 2740. The first kappa shape index (κ1) is 35.4. The highest BCUT2D eigenvalue weighted by atomic mass is 15.0. The maximum atomic E-state index is 2.54. The lowest BCUT2D eigenvalue weighted by Crippen LogP contribution is -2.04. The van der Waals surface area contributed by atoms with E-state index < -0.39 is 0 Å². The molecule has 0 bridgehead atoms. The highest BCUT2D eigenvalue weighted by Crippen LogP contribution is 2.36. The van der Waals surface area contributed by atoms with Gasteiger partial charge in [0, 0.05) is 85.1 Å². The van der Waals surface area contributed by atoms with E-state index in [1.54, 1.807) is 0 Å². The van der Waals surface area contributed by atoms with Crippen LogP contribution in [0, 0.1) is 0 Å². The maximum Gasteiger partial charge on any atom is 0.0491 e. The molecule has 6 aromatic carbocycles. The van der Waals surface area contributed by atoms with Crippen LogP contribution in [-0.2, 0) is 38.9 Å². The molecule has 282 valence electrons. The number of rotatable bonds is 9. The van der Waals surface area contributed by atoms with Crippen LogP contribution in [0.25, 0.3) is 65.4 Å². The summed E-state index contributed by atoms with van der Waals surface area (Å²) in [4.78, 5) is 0. The summed E-state index contributed by atoms with van der Waals surface area (Å²) in [6.45, 7) is 9.66. The molecule has 1 saturated carbocycles. The van der Waals surface area contributed by atoms with Gasteiger partial charge in [0.25, 0.3) is 0 Å². The monoisotopic (exact) mass is 741 g/mol. The van der Waals surface area contributed by atoms with Crippen LogP contribution in [0.2, 0.25) is 0 Å². The van der Waals surface area contributed by atoms with Gasteiger partial charge in [0.05, 0.1) is 0 Å². The molecule has 0 unspecified atom stereocenters. The van der Waals surface area contributed by atoms with Gasteiger partial charge in [-0.05, 0) is 131 Å². The summed E-state index contributed by atoms with van der Waals surface area (Å²) in [5.74, 6) is 0. The molecule has 3 heteroatoms. The molecule has 1 aliphatic carbocycles. The zero-order chi connectivity index (χ0) is 38.5. The maximum absolute atomic E-state index is 2.54. The number of hydrogen-bond acceptors (Lipinski definition) is 0. The molecule has 0 atom stereocenters. The van der Waals surface area contributed by atoms with Gasteiger partial charge in [-0.15, -0.1) is 0 Å². The second-order valence-electron chi connectivity index (χ2n) is 16.1. The average molecular weight is 742 g/mol. The Labute approximate surface area is 335 Å². The highest BCUT2D eigenvalue weighted by Gasteiger charge is 2.17. The van der Waals surface area contributed by atoms with Crippen molar-refractivity contribution in [3.63, 3.8) is 0 Å². The van der Waals surface area contributed by atoms with Crippen LogP contribution in [0.1, 0.15) is 56.7 Å². The van der Waals surface area contributed by atoms with E-state index in [9.17, 15) is 0 Å². The SMILES string of the molecule is CCn1c2ccccc2c2cc(CC=C3CC(=CCc4ccc5c(c4)c4ccccc4n5CC)CC(=CCc4ccc5c(c4)c4ccccc4n5CC)C3)ccc21. The smallest absolute Gasteiger partial charge is 0.0491 e. The fraction of sp³-hybridized carbons (Fsp3) is 0.222. The molecule has 0 spiro atoms. The van der Waals surface area contributed by atoms with Crippen molar-refractivity contribution < 1.29 is 0 Å². The lowest BCUT2D eigenvalue weighted by molar-refractivity contribution is 0.826. The first-order chi connectivity index (χ1) is 28.1. The zero-order valence-electron chi connectivity index (χ0n) is 33.6. The van der Waals surface area contributed by atoms with Crippen molar-refractivity contribution in [1.82, 2.24) is 13.7 Å². The van der Waals surface area contributed by atoms with Gasteiger partial charge in [-0.1, -0.05) is 108 Å². The van der Waals surface area contributed by atoms with E-state index in [4.69, 9.17) is 0 Å². The molecule has 3 nitrogen and oxygen atoms in total. The molecule has 1 aliphatic rings. The van der Waals surface area contributed by atoms with Crippen molar-refractivity contribution in [2.24, 2.45) is 0 Å². The van der Waals surface area contributed by atoms with Gasteiger partial charge in [0.15, 0.2) is 0 Å². The van der Waals surface area contributed by atoms with Gasteiger partial charge in [-0.3, -0.25) is 0 Å². The summed E-state index contributed by atoms with van der Waals surface area (Å²) in [6, 6.07) is 48.0.